The smallest absolute Gasteiger partial charge is 0.270 e. The van der Waals surface area contributed by atoms with Crippen molar-refractivity contribution in [2.24, 2.45) is 7.05 Å². The summed E-state index contributed by atoms with van der Waals surface area (Å²) in [6.07, 6.45) is 0.847. The lowest BCUT2D eigenvalue weighted by Crippen LogP contribution is -2.30. The van der Waals surface area contributed by atoms with Gasteiger partial charge in [0.1, 0.15) is 17.2 Å². The van der Waals surface area contributed by atoms with Gasteiger partial charge in [0.15, 0.2) is 5.82 Å². The molecule has 0 radical (unpaired) electrons. The Morgan fingerprint density at radius 3 is 3.08 bits per heavy atom. The lowest BCUT2D eigenvalue weighted by atomic mass is 10.2. The van der Waals surface area contributed by atoms with Crippen LogP contribution in [0.3, 0.4) is 0 Å². The third kappa shape index (κ3) is 3.15. The molecule has 1 amide bonds. The van der Waals surface area contributed by atoms with Crippen molar-refractivity contribution in [2.45, 2.75) is 25.9 Å². The Hall–Kier alpha value is -2.52. The second kappa shape index (κ2) is 7.00. The summed E-state index contributed by atoms with van der Waals surface area (Å²) in [5, 5.41) is 21.4. The van der Waals surface area contributed by atoms with E-state index in [1.54, 1.807) is 23.1 Å². The molecule has 0 unspecified atom stereocenters. The summed E-state index contributed by atoms with van der Waals surface area (Å²) in [5.41, 5.74) is 1.33. The van der Waals surface area contributed by atoms with Crippen molar-refractivity contribution in [3.8, 4) is 10.6 Å². The summed E-state index contributed by atoms with van der Waals surface area (Å²) in [6, 6.07) is 5.56. The maximum absolute atomic E-state index is 12.8. The summed E-state index contributed by atoms with van der Waals surface area (Å²) in [4.78, 5) is 13.8. The Balaban J connectivity index is 1.53. The highest BCUT2D eigenvalue weighted by molar-refractivity contribution is 7.13. The maximum Gasteiger partial charge on any atom is 0.270 e. The average Bonchev–Trinajstić information content (AvgIpc) is 3.32. The molecule has 9 heteroatoms. The molecule has 1 aliphatic rings. The minimum absolute atomic E-state index is 0.167. The molecular formula is C17H21N7OS. The van der Waals surface area contributed by atoms with Crippen molar-refractivity contribution < 1.29 is 4.79 Å². The summed E-state index contributed by atoms with van der Waals surface area (Å²) in [6.45, 7) is 4.53. The monoisotopic (exact) mass is 371 g/mol. The zero-order valence-electron chi connectivity index (χ0n) is 14.8. The zero-order valence-corrected chi connectivity index (χ0v) is 15.6. The van der Waals surface area contributed by atoms with E-state index in [9.17, 15) is 4.79 Å². The van der Waals surface area contributed by atoms with Gasteiger partial charge in [-0.15, -0.1) is 21.5 Å². The molecule has 8 nitrogen and oxygen atoms in total. The van der Waals surface area contributed by atoms with Crippen molar-refractivity contribution in [2.75, 3.05) is 13.1 Å². The number of nitrogens with zero attached hydrogens (tertiary/aromatic N) is 5. The van der Waals surface area contributed by atoms with E-state index >= 15 is 0 Å². The van der Waals surface area contributed by atoms with Crippen molar-refractivity contribution in [1.82, 2.24) is 35.2 Å². The van der Waals surface area contributed by atoms with E-state index in [2.05, 4.69) is 30.5 Å². The second-order valence-corrected chi connectivity index (χ2v) is 7.28. The molecule has 0 aliphatic carbocycles. The molecule has 0 aromatic carbocycles. The molecular weight excluding hydrogens is 350 g/mol. The summed E-state index contributed by atoms with van der Waals surface area (Å²) in [7, 11) is 1.78. The first-order valence-corrected chi connectivity index (χ1v) is 9.53. The number of aryl methyl sites for hydroxylation is 1. The predicted octanol–water partition coefficient (Wildman–Crippen LogP) is 1.38. The fraction of sp³-hybridized carbons (Fsp3) is 0.412. The molecule has 3 aromatic rings. The predicted molar refractivity (Wildman–Crippen MR) is 99.0 cm³/mol. The SMILES string of the molecule is C[C@@H](NC(=O)c1cc(-c2cccs2)nn1C)c1nnc2n1CCNCC2. The van der Waals surface area contributed by atoms with Crippen LogP contribution in [-0.2, 0) is 20.0 Å². The van der Waals surface area contributed by atoms with Crippen LogP contribution in [0.5, 0.6) is 0 Å². The van der Waals surface area contributed by atoms with Gasteiger partial charge in [-0.1, -0.05) is 6.07 Å². The van der Waals surface area contributed by atoms with E-state index in [1.807, 2.05) is 30.5 Å². The summed E-state index contributed by atoms with van der Waals surface area (Å²) < 4.78 is 3.72. The number of rotatable bonds is 4. The minimum atomic E-state index is -0.234. The molecule has 0 bridgehead atoms. The Morgan fingerprint density at radius 1 is 1.38 bits per heavy atom. The second-order valence-electron chi connectivity index (χ2n) is 6.34. The Labute approximate surface area is 155 Å². The molecule has 0 spiro atoms. The number of fused-ring (bicyclic) bond motifs is 1. The van der Waals surface area contributed by atoms with Gasteiger partial charge >= 0.3 is 0 Å². The lowest BCUT2D eigenvalue weighted by Gasteiger charge is -2.15. The quantitative estimate of drug-likeness (QED) is 0.723. The van der Waals surface area contributed by atoms with Crippen LogP contribution in [0.25, 0.3) is 10.6 Å². The van der Waals surface area contributed by atoms with Gasteiger partial charge in [-0.3, -0.25) is 9.48 Å². The molecule has 136 valence electrons. The standard InChI is InChI=1S/C17H21N7OS/c1-11(16-21-20-15-5-6-18-7-8-24(15)16)19-17(25)13-10-12(22-23(13)2)14-4-3-9-26-14/h3-4,9-11,18H,5-8H2,1-2H3,(H,19,25)/t11-/m1/s1. The maximum atomic E-state index is 12.8. The van der Waals surface area contributed by atoms with E-state index in [4.69, 9.17) is 0 Å². The van der Waals surface area contributed by atoms with Crippen LogP contribution in [0.15, 0.2) is 23.6 Å². The highest BCUT2D eigenvalue weighted by atomic mass is 32.1. The van der Waals surface area contributed by atoms with Gasteiger partial charge in [-0.05, 0) is 24.4 Å². The number of amides is 1. The van der Waals surface area contributed by atoms with Crippen LogP contribution in [0, 0.1) is 0 Å². The van der Waals surface area contributed by atoms with Crippen LogP contribution in [0.1, 0.15) is 35.1 Å². The number of carbonyl (C=O) groups is 1. The number of hydrogen-bond donors (Lipinski definition) is 2. The number of aromatic nitrogens is 5. The van der Waals surface area contributed by atoms with Gasteiger partial charge in [0.25, 0.3) is 5.91 Å². The van der Waals surface area contributed by atoms with Gasteiger partial charge in [0.2, 0.25) is 0 Å². The molecule has 3 aromatic heterocycles. The molecule has 0 fully saturated rings. The van der Waals surface area contributed by atoms with E-state index in [-0.39, 0.29) is 11.9 Å². The number of thiophene rings is 1. The normalized spacial score (nSPS) is 15.3. The van der Waals surface area contributed by atoms with Crippen molar-refractivity contribution in [3.05, 3.63) is 40.9 Å². The zero-order chi connectivity index (χ0) is 18.1. The van der Waals surface area contributed by atoms with Gasteiger partial charge in [-0.25, -0.2) is 0 Å². The molecule has 4 rings (SSSR count). The van der Waals surface area contributed by atoms with Gasteiger partial charge in [0.05, 0.1) is 10.9 Å². The van der Waals surface area contributed by atoms with Crippen molar-refractivity contribution in [1.29, 1.82) is 0 Å². The van der Waals surface area contributed by atoms with E-state index in [0.717, 1.165) is 48.3 Å². The molecule has 1 aliphatic heterocycles. The largest absolute Gasteiger partial charge is 0.341 e. The van der Waals surface area contributed by atoms with Crippen LogP contribution >= 0.6 is 11.3 Å². The Kier molecular flexibility index (Phi) is 4.56. The van der Waals surface area contributed by atoms with Gasteiger partial charge < -0.3 is 15.2 Å². The van der Waals surface area contributed by atoms with E-state index in [1.165, 1.54) is 0 Å². The third-order valence-corrected chi connectivity index (χ3v) is 5.41. The Bertz CT molecular complexity index is 912. The van der Waals surface area contributed by atoms with E-state index in [0.29, 0.717) is 5.69 Å². The highest BCUT2D eigenvalue weighted by Gasteiger charge is 2.22. The highest BCUT2D eigenvalue weighted by Crippen LogP contribution is 2.24. The van der Waals surface area contributed by atoms with Crippen molar-refractivity contribution in [3.63, 3.8) is 0 Å². The molecule has 0 saturated carbocycles. The minimum Gasteiger partial charge on any atom is -0.341 e. The van der Waals surface area contributed by atoms with Crippen LogP contribution < -0.4 is 10.6 Å². The van der Waals surface area contributed by atoms with Crippen LogP contribution in [0.2, 0.25) is 0 Å². The van der Waals surface area contributed by atoms with Crippen LogP contribution in [-0.4, -0.2) is 43.5 Å². The first-order chi connectivity index (χ1) is 12.6. The molecule has 4 heterocycles. The summed E-state index contributed by atoms with van der Waals surface area (Å²) in [5.74, 6) is 1.59. The molecule has 0 saturated heterocycles. The number of nitrogens with one attached hydrogen (secondary N) is 2. The summed E-state index contributed by atoms with van der Waals surface area (Å²) >= 11 is 1.60. The average molecular weight is 371 g/mol. The molecule has 2 N–H and O–H groups in total. The fourth-order valence-electron chi connectivity index (χ4n) is 3.17. The lowest BCUT2D eigenvalue weighted by molar-refractivity contribution is 0.0928. The fourth-order valence-corrected chi connectivity index (χ4v) is 3.86. The number of carbonyl (C=O) groups excluding carboxylic acids is 1. The van der Waals surface area contributed by atoms with E-state index < -0.39 is 0 Å². The van der Waals surface area contributed by atoms with Gasteiger partial charge in [0, 0.05) is 33.1 Å². The van der Waals surface area contributed by atoms with Gasteiger partial charge in [-0.2, -0.15) is 5.10 Å². The Morgan fingerprint density at radius 2 is 2.27 bits per heavy atom. The van der Waals surface area contributed by atoms with Crippen LogP contribution in [0.4, 0.5) is 0 Å². The third-order valence-electron chi connectivity index (χ3n) is 4.51. The van der Waals surface area contributed by atoms with Crippen molar-refractivity contribution >= 4 is 17.2 Å². The molecule has 26 heavy (non-hydrogen) atoms. The topological polar surface area (TPSA) is 89.7 Å². The molecule has 1 atom stereocenters. The number of hydrogen-bond acceptors (Lipinski definition) is 6. The first-order valence-electron chi connectivity index (χ1n) is 8.65. The first kappa shape index (κ1) is 16.9.